The molecule has 6 nitrogen and oxygen atoms in total. The summed E-state index contributed by atoms with van der Waals surface area (Å²) in [5.74, 6) is -0.387. The van der Waals surface area contributed by atoms with Gasteiger partial charge in [-0.15, -0.1) is 0 Å². The second kappa shape index (κ2) is 9.12. The van der Waals surface area contributed by atoms with Gasteiger partial charge in [0.1, 0.15) is 5.58 Å². The highest BCUT2D eigenvalue weighted by Crippen LogP contribution is 2.22. The molecule has 7 heteroatoms. The highest BCUT2D eigenvalue weighted by molar-refractivity contribution is 9.10. The van der Waals surface area contributed by atoms with Crippen LogP contribution in [0.5, 0.6) is 0 Å². The van der Waals surface area contributed by atoms with Crippen molar-refractivity contribution in [2.45, 2.75) is 13.0 Å². The number of carbonyl (C=O) groups is 1. The van der Waals surface area contributed by atoms with Crippen LogP contribution in [-0.4, -0.2) is 43.7 Å². The van der Waals surface area contributed by atoms with Crippen LogP contribution in [0.25, 0.3) is 11.0 Å². The average molecular weight is 471 g/mol. The van der Waals surface area contributed by atoms with Gasteiger partial charge in [-0.25, -0.2) is 0 Å². The van der Waals surface area contributed by atoms with E-state index in [2.05, 4.69) is 57.3 Å². The van der Waals surface area contributed by atoms with Crippen LogP contribution in [0.15, 0.2) is 62.2 Å². The smallest absolute Gasteiger partial charge is 0.287 e. The van der Waals surface area contributed by atoms with Crippen molar-refractivity contribution in [2.24, 2.45) is 0 Å². The van der Waals surface area contributed by atoms with Gasteiger partial charge in [0.2, 0.25) is 0 Å². The van der Waals surface area contributed by atoms with Gasteiger partial charge in [-0.05, 0) is 30.7 Å². The summed E-state index contributed by atoms with van der Waals surface area (Å²) in [6, 6.07) is 14.7. The van der Waals surface area contributed by atoms with E-state index >= 15 is 0 Å². The minimum absolute atomic E-state index is 0.0134. The first-order chi connectivity index (χ1) is 14.5. The molecule has 1 aliphatic rings. The molecule has 2 heterocycles. The van der Waals surface area contributed by atoms with E-state index in [-0.39, 0.29) is 17.2 Å². The van der Waals surface area contributed by atoms with Crippen molar-refractivity contribution in [2.75, 3.05) is 32.8 Å². The Morgan fingerprint density at radius 2 is 1.87 bits per heavy atom. The summed E-state index contributed by atoms with van der Waals surface area (Å²) in [5, 5.41) is 3.39. The van der Waals surface area contributed by atoms with Crippen molar-refractivity contribution in [3.8, 4) is 0 Å². The minimum Gasteiger partial charge on any atom is -0.451 e. The first kappa shape index (κ1) is 20.8. The van der Waals surface area contributed by atoms with Crippen molar-refractivity contribution in [1.82, 2.24) is 10.2 Å². The molecule has 1 fully saturated rings. The Labute approximate surface area is 183 Å². The molecule has 1 atom stereocenters. The maximum absolute atomic E-state index is 12.8. The monoisotopic (exact) mass is 470 g/mol. The van der Waals surface area contributed by atoms with E-state index in [1.54, 1.807) is 18.2 Å². The fraction of sp³-hybridized carbons (Fsp3) is 0.304. The van der Waals surface area contributed by atoms with Crippen LogP contribution in [0.2, 0.25) is 0 Å². The minimum atomic E-state index is -0.401. The van der Waals surface area contributed by atoms with Crippen LogP contribution in [0.1, 0.15) is 27.7 Å². The summed E-state index contributed by atoms with van der Waals surface area (Å²) in [6.07, 6.45) is 0. The molecule has 0 saturated carbocycles. The maximum Gasteiger partial charge on any atom is 0.287 e. The second-order valence-corrected chi connectivity index (χ2v) is 8.32. The predicted octanol–water partition coefficient (Wildman–Crippen LogP) is 3.67. The Bertz CT molecular complexity index is 1100. The van der Waals surface area contributed by atoms with Gasteiger partial charge >= 0.3 is 0 Å². The number of fused-ring (bicyclic) bond motifs is 1. The topological polar surface area (TPSA) is 71.8 Å². The molecular formula is C23H23BrN2O4. The Hall–Kier alpha value is -2.48. The highest BCUT2D eigenvalue weighted by atomic mass is 79.9. The normalized spacial score (nSPS) is 15.8. The number of benzene rings is 2. The van der Waals surface area contributed by atoms with Crippen LogP contribution in [0, 0.1) is 6.92 Å². The molecule has 0 bridgehead atoms. The van der Waals surface area contributed by atoms with Gasteiger partial charge in [-0.3, -0.25) is 14.5 Å². The van der Waals surface area contributed by atoms with Crippen LogP contribution in [0.4, 0.5) is 0 Å². The summed E-state index contributed by atoms with van der Waals surface area (Å²) < 4.78 is 12.0. The fourth-order valence-electron chi connectivity index (χ4n) is 3.65. The van der Waals surface area contributed by atoms with Gasteiger partial charge < -0.3 is 14.5 Å². The molecule has 1 aromatic heterocycles. The summed E-state index contributed by atoms with van der Waals surface area (Å²) >= 11 is 3.35. The zero-order valence-corrected chi connectivity index (χ0v) is 18.3. The molecule has 0 radical (unpaired) electrons. The van der Waals surface area contributed by atoms with Crippen molar-refractivity contribution in [1.29, 1.82) is 0 Å². The number of nitrogens with zero attached hydrogens (tertiary/aromatic N) is 1. The van der Waals surface area contributed by atoms with E-state index in [1.807, 2.05) is 0 Å². The Morgan fingerprint density at radius 3 is 2.60 bits per heavy atom. The molecule has 1 unspecified atom stereocenters. The first-order valence-corrected chi connectivity index (χ1v) is 10.7. The standard InChI is InChI=1S/C23H23BrN2O4/c1-15-2-4-16(5-3-15)19(26-8-10-29-11-9-26)14-25-23(28)22-13-20(27)18-12-17(24)6-7-21(18)30-22/h2-7,12-13,19H,8-11,14H2,1H3,(H,25,28). The SMILES string of the molecule is Cc1ccc(C(CNC(=O)c2cc(=O)c3cc(Br)ccc3o2)N2CCOCC2)cc1. The molecule has 156 valence electrons. The average Bonchev–Trinajstić information content (AvgIpc) is 2.76. The lowest BCUT2D eigenvalue weighted by molar-refractivity contribution is 0.0161. The number of ether oxygens (including phenoxy) is 1. The van der Waals surface area contributed by atoms with E-state index in [0.717, 1.165) is 23.1 Å². The number of halogens is 1. The first-order valence-electron chi connectivity index (χ1n) is 9.91. The number of aryl methyl sites for hydroxylation is 1. The maximum atomic E-state index is 12.8. The van der Waals surface area contributed by atoms with E-state index in [0.29, 0.717) is 30.7 Å². The third-order valence-corrected chi connectivity index (χ3v) is 5.81. The quantitative estimate of drug-likeness (QED) is 0.615. The Morgan fingerprint density at radius 1 is 1.13 bits per heavy atom. The van der Waals surface area contributed by atoms with E-state index in [9.17, 15) is 9.59 Å². The third kappa shape index (κ3) is 4.64. The molecular weight excluding hydrogens is 448 g/mol. The summed E-state index contributed by atoms with van der Waals surface area (Å²) in [6.45, 7) is 5.40. The molecule has 3 aromatic rings. The van der Waals surface area contributed by atoms with E-state index in [4.69, 9.17) is 9.15 Å². The third-order valence-electron chi connectivity index (χ3n) is 5.32. The summed E-state index contributed by atoms with van der Waals surface area (Å²) in [7, 11) is 0. The van der Waals surface area contributed by atoms with Gasteiger partial charge in [-0.1, -0.05) is 45.8 Å². The van der Waals surface area contributed by atoms with E-state index in [1.165, 1.54) is 11.6 Å². The Kier molecular flexibility index (Phi) is 6.32. The molecule has 1 saturated heterocycles. The predicted molar refractivity (Wildman–Crippen MR) is 119 cm³/mol. The van der Waals surface area contributed by atoms with Crippen molar-refractivity contribution < 1.29 is 13.9 Å². The van der Waals surface area contributed by atoms with Gasteiger partial charge in [-0.2, -0.15) is 0 Å². The van der Waals surface area contributed by atoms with Crippen molar-refractivity contribution >= 4 is 32.8 Å². The lowest BCUT2D eigenvalue weighted by atomic mass is 10.0. The van der Waals surface area contributed by atoms with Gasteiger partial charge in [0.15, 0.2) is 11.2 Å². The molecule has 1 N–H and O–H groups in total. The number of hydrogen-bond acceptors (Lipinski definition) is 5. The molecule has 30 heavy (non-hydrogen) atoms. The van der Waals surface area contributed by atoms with Gasteiger partial charge in [0, 0.05) is 30.2 Å². The summed E-state index contributed by atoms with van der Waals surface area (Å²) in [5.41, 5.74) is 2.46. The molecule has 0 aliphatic carbocycles. The lowest BCUT2D eigenvalue weighted by Gasteiger charge is -2.35. The van der Waals surface area contributed by atoms with Crippen LogP contribution in [0.3, 0.4) is 0 Å². The molecule has 4 rings (SSSR count). The zero-order chi connectivity index (χ0) is 21.1. The largest absolute Gasteiger partial charge is 0.451 e. The number of hydrogen-bond donors (Lipinski definition) is 1. The molecule has 2 aromatic carbocycles. The zero-order valence-electron chi connectivity index (χ0n) is 16.7. The lowest BCUT2D eigenvalue weighted by Crippen LogP contribution is -2.43. The number of nitrogens with one attached hydrogen (secondary N) is 1. The number of carbonyl (C=O) groups excluding carboxylic acids is 1. The van der Waals surface area contributed by atoms with Crippen LogP contribution < -0.4 is 10.7 Å². The Balaban J connectivity index is 1.55. The highest BCUT2D eigenvalue weighted by Gasteiger charge is 2.24. The molecule has 1 amide bonds. The second-order valence-electron chi connectivity index (χ2n) is 7.40. The van der Waals surface area contributed by atoms with Gasteiger partial charge in [0.25, 0.3) is 5.91 Å². The molecule has 1 aliphatic heterocycles. The van der Waals surface area contributed by atoms with Crippen LogP contribution in [-0.2, 0) is 4.74 Å². The van der Waals surface area contributed by atoms with Gasteiger partial charge in [0.05, 0.1) is 24.6 Å². The van der Waals surface area contributed by atoms with E-state index < -0.39 is 5.91 Å². The van der Waals surface area contributed by atoms with Crippen molar-refractivity contribution in [3.63, 3.8) is 0 Å². The number of amides is 1. The van der Waals surface area contributed by atoms with Crippen LogP contribution >= 0.6 is 15.9 Å². The summed E-state index contributed by atoms with van der Waals surface area (Å²) in [4.78, 5) is 27.5. The molecule has 0 spiro atoms. The fourth-order valence-corrected chi connectivity index (χ4v) is 4.01. The number of rotatable bonds is 5. The number of morpholine rings is 1. The van der Waals surface area contributed by atoms with Crippen molar-refractivity contribution in [3.05, 3.63) is 80.1 Å².